The summed E-state index contributed by atoms with van der Waals surface area (Å²) >= 11 is 0. The molecule has 0 atom stereocenters. The van der Waals surface area contributed by atoms with E-state index in [2.05, 4.69) is 69.6 Å². The third-order valence-electron chi connectivity index (χ3n) is 6.11. The van der Waals surface area contributed by atoms with Crippen LogP contribution in [0.15, 0.2) is 54.7 Å². The highest BCUT2D eigenvalue weighted by Crippen LogP contribution is 2.31. The molecule has 0 aliphatic carbocycles. The number of pyridine rings is 1. The lowest BCUT2D eigenvalue weighted by molar-refractivity contribution is 0.166. The van der Waals surface area contributed by atoms with Gasteiger partial charge in [0.2, 0.25) is 5.88 Å². The SMILES string of the molecule is COc1cc(-c2ccc(COc3cccc(C(C)C)c3)cc2CN(C(C)C)C(C)C)c(F)cn1. The van der Waals surface area contributed by atoms with Gasteiger partial charge in [-0.15, -0.1) is 0 Å². The summed E-state index contributed by atoms with van der Waals surface area (Å²) in [5, 5.41) is 0. The highest BCUT2D eigenvalue weighted by molar-refractivity contribution is 5.69. The van der Waals surface area contributed by atoms with E-state index in [1.807, 2.05) is 24.3 Å². The van der Waals surface area contributed by atoms with Gasteiger partial charge in [0.25, 0.3) is 0 Å². The summed E-state index contributed by atoms with van der Waals surface area (Å²) in [6, 6.07) is 16.7. The van der Waals surface area contributed by atoms with Crippen LogP contribution in [-0.2, 0) is 13.2 Å². The summed E-state index contributed by atoms with van der Waals surface area (Å²) < 4.78 is 26.2. The van der Waals surface area contributed by atoms with Gasteiger partial charge in [-0.2, -0.15) is 0 Å². The first kappa shape index (κ1) is 25.7. The first-order valence-electron chi connectivity index (χ1n) is 12.0. The van der Waals surface area contributed by atoms with Crippen molar-refractivity contribution in [1.29, 1.82) is 0 Å². The lowest BCUT2D eigenvalue weighted by Gasteiger charge is -2.31. The summed E-state index contributed by atoms with van der Waals surface area (Å²) in [5.74, 6) is 1.33. The summed E-state index contributed by atoms with van der Waals surface area (Å²) in [4.78, 5) is 6.40. The fraction of sp³-hybridized carbons (Fsp3) is 0.414. The summed E-state index contributed by atoms with van der Waals surface area (Å²) in [7, 11) is 1.54. The second-order valence-corrected chi connectivity index (χ2v) is 9.57. The average Bonchev–Trinajstić information content (AvgIpc) is 2.81. The number of hydrogen-bond donors (Lipinski definition) is 0. The molecule has 0 aliphatic heterocycles. The zero-order valence-corrected chi connectivity index (χ0v) is 21.4. The fourth-order valence-corrected chi connectivity index (χ4v) is 4.16. The van der Waals surface area contributed by atoms with Crippen molar-refractivity contribution >= 4 is 0 Å². The van der Waals surface area contributed by atoms with E-state index in [4.69, 9.17) is 9.47 Å². The molecule has 2 aromatic carbocycles. The molecule has 4 nitrogen and oxygen atoms in total. The molecule has 0 radical (unpaired) electrons. The molecule has 1 heterocycles. The molecular formula is C29H37FN2O2. The molecule has 0 N–H and O–H groups in total. The van der Waals surface area contributed by atoms with Crippen LogP contribution in [0.1, 0.15) is 64.2 Å². The van der Waals surface area contributed by atoms with Gasteiger partial charge < -0.3 is 9.47 Å². The van der Waals surface area contributed by atoms with Crippen LogP contribution in [0.25, 0.3) is 11.1 Å². The summed E-state index contributed by atoms with van der Waals surface area (Å²) in [6.45, 7) is 14.2. The maximum Gasteiger partial charge on any atom is 0.213 e. The molecule has 0 spiro atoms. The first-order valence-corrected chi connectivity index (χ1v) is 12.0. The second-order valence-electron chi connectivity index (χ2n) is 9.57. The average molecular weight is 465 g/mol. The number of nitrogens with zero attached hydrogens (tertiary/aromatic N) is 2. The Bertz CT molecular complexity index is 1090. The van der Waals surface area contributed by atoms with Gasteiger partial charge in [0.1, 0.15) is 18.2 Å². The lowest BCUT2D eigenvalue weighted by atomic mass is 9.96. The molecule has 0 saturated carbocycles. The van der Waals surface area contributed by atoms with E-state index in [1.165, 1.54) is 11.8 Å². The van der Waals surface area contributed by atoms with Gasteiger partial charge in [-0.05, 0) is 68.0 Å². The Labute approximate surface area is 203 Å². The molecule has 0 bridgehead atoms. The van der Waals surface area contributed by atoms with Crippen LogP contribution in [0.5, 0.6) is 11.6 Å². The smallest absolute Gasteiger partial charge is 0.213 e. The third kappa shape index (κ3) is 6.35. The molecule has 0 unspecified atom stereocenters. The monoisotopic (exact) mass is 464 g/mol. The van der Waals surface area contributed by atoms with Crippen molar-refractivity contribution in [2.24, 2.45) is 0 Å². The molecular weight excluding hydrogens is 427 g/mol. The van der Waals surface area contributed by atoms with Gasteiger partial charge in [-0.25, -0.2) is 9.37 Å². The van der Waals surface area contributed by atoms with Crippen LogP contribution in [-0.4, -0.2) is 29.1 Å². The van der Waals surface area contributed by atoms with E-state index in [0.29, 0.717) is 42.6 Å². The Kier molecular flexibility index (Phi) is 8.67. The van der Waals surface area contributed by atoms with E-state index < -0.39 is 0 Å². The maximum atomic E-state index is 14.8. The molecule has 0 saturated heterocycles. The van der Waals surface area contributed by atoms with Crippen molar-refractivity contribution in [3.8, 4) is 22.8 Å². The molecule has 0 aliphatic rings. The molecule has 1 aromatic heterocycles. The molecule has 182 valence electrons. The predicted molar refractivity (Wildman–Crippen MR) is 137 cm³/mol. The fourth-order valence-electron chi connectivity index (χ4n) is 4.16. The topological polar surface area (TPSA) is 34.6 Å². The highest BCUT2D eigenvalue weighted by Gasteiger charge is 2.19. The lowest BCUT2D eigenvalue weighted by Crippen LogP contribution is -2.36. The minimum atomic E-state index is -0.364. The van der Waals surface area contributed by atoms with Crippen LogP contribution in [0.3, 0.4) is 0 Å². The molecule has 5 heteroatoms. The number of benzene rings is 2. The van der Waals surface area contributed by atoms with Gasteiger partial charge in [-0.3, -0.25) is 4.90 Å². The van der Waals surface area contributed by atoms with Gasteiger partial charge in [0, 0.05) is 30.3 Å². The van der Waals surface area contributed by atoms with Crippen LogP contribution in [0, 0.1) is 5.82 Å². The van der Waals surface area contributed by atoms with E-state index >= 15 is 0 Å². The predicted octanol–water partition coefficient (Wildman–Crippen LogP) is 7.22. The van der Waals surface area contributed by atoms with Crippen molar-refractivity contribution in [2.45, 2.75) is 72.7 Å². The van der Waals surface area contributed by atoms with E-state index in [1.54, 1.807) is 13.2 Å². The largest absolute Gasteiger partial charge is 0.489 e. The first-order chi connectivity index (χ1) is 16.2. The van der Waals surface area contributed by atoms with Crippen molar-refractivity contribution < 1.29 is 13.9 Å². The second kappa shape index (κ2) is 11.5. The van der Waals surface area contributed by atoms with Gasteiger partial charge in [0.15, 0.2) is 0 Å². The van der Waals surface area contributed by atoms with Gasteiger partial charge >= 0.3 is 0 Å². The number of methoxy groups -OCH3 is 1. The van der Waals surface area contributed by atoms with Gasteiger partial charge in [-0.1, -0.05) is 44.2 Å². The number of aromatic nitrogens is 1. The van der Waals surface area contributed by atoms with Crippen LogP contribution in [0.4, 0.5) is 4.39 Å². The molecule has 0 fully saturated rings. The number of halogens is 1. The van der Waals surface area contributed by atoms with E-state index in [-0.39, 0.29) is 5.82 Å². The standard InChI is InChI=1S/C29H37FN2O2/c1-19(2)23-9-8-10-25(14-23)34-18-22-11-12-26(27-15-29(33-7)31-16-28(27)30)24(13-22)17-32(20(3)4)21(5)6/h8-16,19-21H,17-18H2,1-7H3. The maximum absolute atomic E-state index is 14.8. The number of ether oxygens (including phenoxy) is 2. The van der Waals surface area contributed by atoms with Gasteiger partial charge in [0.05, 0.1) is 13.3 Å². The zero-order chi connectivity index (χ0) is 24.8. The summed E-state index contributed by atoms with van der Waals surface area (Å²) in [5.41, 5.74) is 4.68. The van der Waals surface area contributed by atoms with E-state index in [9.17, 15) is 4.39 Å². The Hall–Kier alpha value is -2.92. The van der Waals surface area contributed by atoms with Crippen molar-refractivity contribution in [1.82, 2.24) is 9.88 Å². The third-order valence-corrected chi connectivity index (χ3v) is 6.11. The van der Waals surface area contributed by atoms with Crippen LogP contribution < -0.4 is 9.47 Å². The minimum absolute atomic E-state index is 0.350. The van der Waals surface area contributed by atoms with Crippen molar-refractivity contribution in [3.05, 3.63) is 77.2 Å². The molecule has 3 aromatic rings. The van der Waals surface area contributed by atoms with Crippen molar-refractivity contribution in [2.75, 3.05) is 7.11 Å². The molecule has 0 amide bonds. The number of hydrogen-bond acceptors (Lipinski definition) is 4. The Morgan fingerprint density at radius 2 is 1.65 bits per heavy atom. The molecule has 34 heavy (non-hydrogen) atoms. The molecule has 3 rings (SSSR count). The quantitative estimate of drug-likeness (QED) is 0.317. The Morgan fingerprint density at radius 1 is 0.912 bits per heavy atom. The zero-order valence-electron chi connectivity index (χ0n) is 21.4. The Balaban J connectivity index is 1.96. The van der Waals surface area contributed by atoms with Crippen LogP contribution >= 0.6 is 0 Å². The van der Waals surface area contributed by atoms with Crippen LogP contribution in [0.2, 0.25) is 0 Å². The summed E-state index contributed by atoms with van der Waals surface area (Å²) in [6.07, 6.45) is 1.22. The minimum Gasteiger partial charge on any atom is -0.489 e. The number of rotatable bonds is 10. The highest BCUT2D eigenvalue weighted by atomic mass is 19.1. The van der Waals surface area contributed by atoms with E-state index in [0.717, 1.165) is 22.4 Å². The normalized spacial score (nSPS) is 11.6. The van der Waals surface area contributed by atoms with Crippen molar-refractivity contribution in [3.63, 3.8) is 0 Å². The Morgan fingerprint density at radius 3 is 2.29 bits per heavy atom.